The van der Waals surface area contributed by atoms with Crippen molar-refractivity contribution in [3.63, 3.8) is 0 Å². The molecule has 100 valence electrons. The Morgan fingerprint density at radius 1 is 1.22 bits per heavy atom. The quantitative estimate of drug-likeness (QED) is 0.708. The molecule has 0 aromatic heterocycles. The molecule has 0 radical (unpaired) electrons. The molecule has 1 rings (SSSR count). The van der Waals surface area contributed by atoms with Gasteiger partial charge in [-0.15, -0.1) is 13.2 Å². The van der Waals surface area contributed by atoms with Crippen molar-refractivity contribution in [1.29, 1.82) is 0 Å². The number of carboxylic acid groups (broad SMARTS) is 1. The van der Waals surface area contributed by atoms with E-state index in [-0.39, 0.29) is 6.03 Å². The summed E-state index contributed by atoms with van der Waals surface area (Å²) in [5, 5.41) is 11.9. The van der Waals surface area contributed by atoms with E-state index in [1.165, 1.54) is 4.90 Å². The molecule has 2 N–H and O–H groups in total. The van der Waals surface area contributed by atoms with Crippen LogP contribution in [0.5, 0.6) is 0 Å². The molecule has 0 bridgehead atoms. The molecule has 18 heavy (non-hydrogen) atoms. The summed E-state index contributed by atoms with van der Waals surface area (Å²) in [6.45, 7) is 7.89. The van der Waals surface area contributed by atoms with E-state index >= 15 is 0 Å². The van der Waals surface area contributed by atoms with Gasteiger partial charge in [0, 0.05) is 13.1 Å². The van der Waals surface area contributed by atoms with Crippen molar-refractivity contribution in [1.82, 2.24) is 10.2 Å². The number of rotatable bonds is 6. The monoisotopic (exact) mass is 252 g/mol. The highest BCUT2D eigenvalue weighted by Gasteiger charge is 2.43. The molecule has 1 aliphatic carbocycles. The van der Waals surface area contributed by atoms with Crippen molar-refractivity contribution in [2.45, 2.75) is 31.2 Å². The Labute approximate surface area is 107 Å². The van der Waals surface area contributed by atoms with E-state index in [4.69, 9.17) is 0 Å². The number of hydrogen-bond acceptors (Lipinski definition) is 2. The lowest BCUT2D eigenvalue weighted by molar-refractivity contribution is -0.144. The van der Waals surface area contributed by atoms with Gasteiger partial charge in [0.05, 0.1) is 0 Å². The molecule has 0 aliphatic heterocycles. The minimum atomic E-state index is -1.10. The first-order chi connectivity index (χ1) is 8.55. The molecule has 0 heterocycles. The Bertz CT molecular complexity index is 336. The number of hydrogen-bond donors (Lipinski definition) is 2. The van der Waals surface area contributed by atoms with E-state index in [9.17, 15) is 14.7 Å². The van der Waals surface area contributed by atoms with Gasteiger partial charge in [-0.05, 0) is 12.8 Å². The molecule has 0 atom stereocenters. The number of nitrogens with one attached hydrogen (secondary N) is 1. The van der Waals surface area contributed by atoms with Crippen LogP contribution >= 0.6 is 0 Å². The Balaban J connectivity index is 2.73. The molecule has 1 saturated carbocycles. The molecular weight excluding hydrogens is 232 g/mol. The molecule has 1 fully saturated rings. The first-order valence-electron chi connectivity index (χ1n) is 6.08. The summed E-state index contributed by atoms with van der Waals surface area (Å²) in [5.74, 6) is -0.953. The van der Waals surface area contributed by atoms with E-state index in [1.807, 2.05) is 0 Å². The number of nitrogens with zero attached hydrogens (tertiary/aromatic N) is 1. The average Bonchev–Trinajstić information content (AvgIpc) is 2.78. The number of amides is 2. The SMILES string of the molecule is C=CCN(CC=C)C(=O)NC1(C(=O)O)CCCC1. The number of carbonyl (C=O) groups excluding carboxylic acids is 1. The highest BCUT2D eigenvalue weighted by Crippen LogP contribution is 2.30. The van der Waals surface area contributed by atoms with E-state index in [2.05, 4.69) is 18.5 Å². The fraction of sp³-hybridized carbons (Fsp3) is 0.538. The van der Waals surface area contributed by atoms with Crippen LogP contribution in [0.3, 0.4) is 0 Å². The van der Waals surface area contributed by atoms with Crippen molar-refractivity contribution < 1.29 is 14.7 Å². The average molecular weight is 252 g/mol. The first-order valence-corrected chi connectivity index (χ1v) is 6.08. The maximum atomic E-state index is 12.0. The summed E-state index contributed by atoms with van der Waals surface area (Å²) < 4.78 is 0. The molecular formula is C13H20N2O3. The molecule has 5 heteroatoms. The van der Waals surface area contributed by atoms with E-state index < -0.39 is 11.5 Å². The van der Waals surface area contributed by atoms with Gasteiger partial charge in [0.2, 0.25) is 0 Å². The minimum absolute atomic E-state index is 0.369. The van der Waals surface area contributed by atoms with Gasteiger partial charge in [0.25, 0.3) is 0 Å². The molecule has 5 nitrogen and oxygen atoms in total. The molecule has 0 spiro atoms. The Hall–Kier alpha value is -1.78. The van der Waals surface area contributed by atoms with Crippen molar-refractivity contribution >= 4 is 12.0 Å². The smallest absolute Gasteiger partial charge is 0.329 e. The second-order valence-corrected chi connectivity index (χ2v) is 4.51. The lowest BCUT2D eigenvalue weighted by Gasteiger charge is -2.29. The van der Waals surface area contributed by atoms with Crippen molar-refractivity contribution in [2.24, 2.45) is 0 Å². The summed E-state index contributed by atoms with van der Waals surface area (Å²) in [6.07, 6.45) is 5.84. The highest BCUT2D eigenvalue weighted by molar-refractivity contribution is 5.86. The van der Waals surface area contributed by atoms with Gasteiger partial charge in [0.15, 0.2) is 0 Å². The van der Waals surface area contributed by atoms with Crippen LogP contribution in [0.4, 0.5) is 4.79 Å². The third kappa shape index (κ3) is 3.12. The second-order valence-electron chi connectivity index (χ2n) is 4.51. The summed E-state index contributed by atoms with van der Waals surface area (Å²) in [7, 11) is 0. The van der Waals surface area contributed by atoms with Crippen molar-refractivity contribution in [3.8, 4) is 0 Å². The van der Waals surface area contributed by atoms with Crippen LogP contribution in [0.2, 0.25) is 0 Å². The largest absolute Gasteiger partial charge is 0.480 e. The lowest BCUT2D eigenvalue weighted by Crippen LogP contribution is -2.56. The molecule has 0 saturated heterocycles. The Morgan fingerprint density at radius 2 is 1.72 bits per heavy atom. The highest BCUT2D eigenvalue weighted by atomic mass is 16.4. The molecule has 0 aromatic carbocycles. The van der Waals surface area contributed by atoms with Gasteiger partial charge in [-0.1, -0.05) is 25.0 Å². The number of carbonyl (C=O) groups is 2. The van der Waals surface area contributed by atoms with E-state index in [0.717, 1.165) is 12.8 Å². The second kappa shape index (κ2) is 6.23. The normalized spacial score (nSPS) is 16.9. The third-order valence-corrected chi connectivity index (χ3v) is 3.20. The minimum Gasteiger partial charge on any atom is -0.480 e. The molecule has 2 amide bonds. The van der Waals surface area contributed by atoms with Gasteiger partial charge >= 0.3 is 12.0 Å². The van der Waals surface area contributed by atoms with Crippen LogP contribution in [0.1, 0.15) is 25.7 Å². The maximum Gasteiger partial charge on any atom is 0.329 e. The number of urea groups is 1. The third-order valence-electron chi connectivity index (χ3n) is 3.20. The zero-order chi connectivity index (χ0) is 13.6. The van der Waals surface area contributed by atoms with E-state index in [1.54, 1.807) is 12.2 Å². The van der Waals surface area contributed by atoms with Gasteiger partial charge in [-0.2, -0.15) is 0 Å². The van der Waals surface area contributed by atoms with Crippen LogP contribution in [-0.2, 0) is 4.79 Å². The zero-order valence-electron chi connectivity index (χ0n) is 10.5. The number of carboxylic acids is 1. The van der Waals surface area contributed by atoms with Gasteiger partial charge in [0.1, 0.15) is 5.54 Å². The topological polar surface area (TPSA) is 69.6 Å². The van der Waals surface area contributed by atoms with Crippen molar-refractivity contribution in [2.75, 3.05) is 13.1 Å². The predicted molar refractivity (Wildman–Crippen MR) is 69.3 cm³/mol. The molecule has 0 aromatic rings. The fourth-order valence-corrected chi connectivity index (χ4v) is 2.21. The van der Waals surface area contributed by atoms with Crippen molar-refractivity contribution in [3.05, 3.63) is 25.3 Å². The van der Waals surface area contributed by atoms with E-state index in [0.29, 0.717) is 25.9 Å². The first kappa shape index (κ1) is 14.3. The van der Waals surface area contributed by atoms with Crippen LogP contribution < -0.4 is 5.32 Å². The van der Waals surface area contributed by atoms with Crippen LogP contribution in [0.15, 0.2) is 25.3 Å². The summed E-state index contributed by atoms with van der Waals surface area (Å²) >= 11 is 0. The zero-order valence-corrected chi connectivity index (χ0v) is 10.5. The summed E-state index contributed by atoms with van der Waals surface area (Å²) in [4.78, 5) is 24.8. The summed E-state index contributed by atoms with van der Waals surface area (Å²) in [5.41, 5.74) is -1.10. The van der Waals surface area contributed by atoms with Gasteiger partial charge < -0.3 is 15.3 Å². The maximum absolute atomic E-state index is 12.0. The van der Waals surface area contributed by atoms with Crippen LogP contribution in [0.25, 0.3) is 0 Å². The van der Waals surface area contributed by atoms with Gasteiger partial charge in [-0.25, -0.2) is 9.59 Å². The molecule has 1 aliphatic rings. The lowest BCUT2D eigenvalue weighted by atomic mass is 9.98. The van der Waals surface area contributed by atoms with Crippen LogP contribution in [-0.4, -0.2) is 40.6 Å². The predicted octanol–water partition coefficient (Wildman–Crippen LogP) is 1.77. The van der Waals surface area contributed by atoms with Crippen LogP contribution in [0, 0.1) is 0 Å². The summed E-state index contributed by atoms with van der Waals surface area (Å²) in [6, 6.07) is -0.376. The van der Waals surface area contributed by atoms with Gasteiger partial charge in [-0.3, -0.25) is 0 Å². The Kier molecular flexibility index (Phi) is 4.95. The standard InChI is InChI=1S/C13H20N2O3/c1-3-9-15(10-4-2)12(18)14-13(11(16)17)7-5-6-8-13/h3-4H,1-2,5-10H2,(H,14,18)(H,16,17). The molecule has 0 unspecified atom stereocenters. The number of aliphatic carboxylic acids is 1. The Morgan fingerprint density at radius 3 is 2.11 bits per heavy atom. The fourth-order valence-electron chi connectivity index (χ4n) is 2.21.